The lowest BCUT2D eigenvalue weighted by molar-refractivity contribution is -0.123. The summed E-state index contributed by atoms with van der Waals surface area (Å²) in [5.74, 6) is 0.238. The fourth-order valence-electron chi connectivity index (χ4n) is 3.60. The third kappa shape index (κ3) is 4.73. The van der Waals surface area contributed by atoms with E-state index in [-0.39, 0.29) is 17.3 Å². The molecule has 0 radical (unpaired) electrons. The van der Waals surface area contributed by atoms with Crippen molar-refractivity contribution >= 4 is 25.7 Å². The summed E-state index contributed by atoms with van der Waals surface area (Å²) < 4.78 is 1.92. The summed E-state index contributed by atoms with van der Waals surface area (Å²) in [4.78, 5) is 14.4. The average Bonchev–Trinajstić information content (AvgIpc) is 3.08. The van der Waals surface area contributed by atoms with Gasteiger partial charge in [0.1, 0.15) is 13.2 Å². The van der Waals surface area contributed by atoms with E-state index in [1.165, 1.54) is 11.1 Å². The molecule has 1 aliphatic carbocycles. The number of hydrogen-bond donors (Lipinski definition) is 1. The fourth-order valence-corrected chi connectivity index (χ4v) is 4.98. The van der Waals surface area contributed by atoms with Crippen LogP contribution in [-0.2, 0) is 4.79 Å². The van der Waals surface area contributed by atoms with E-state index in [9.17, 15) is 4.79 Å². The van der Waals surface area contributed by atoms with Gasteiger partial charge in [-0.05, 0) is 36.8 Å². The van der Waals surface area contributed by atoms with Crippen LogP contribution in [-0.4, -0.2) is 47.5 Å². The van der Waals surface area contributed by atoms with Gasteiger partial charge in [-0.15, -0.1) is 0 Å². The van der Waals surface area contributed by atoms with Crippen LogP contribution < -0.4 is 5.32 Å². The molecule has 1 amide bonds. The molecular formula is C21H30BN3OS. The van der Waals surface area contributed by atoms with Crippen LogP contribution in [0.2, 0.25) is 6.32 Å². The Bertz CT molecular complexity index is 700. The first-order valence-corrected chi connectivity index (χ1v) is 10.7. The molecule has 2 heterocycles. The second kappa shape index (κ2) is 8.92. The van der Waals surface area contributed by atoms with Crippen LogP contribution in [0.5, 0.6) is 0 Å². The summed E-state index contributed by atoms with van der Waals surface area (Å²) in [6.07, 6.45) is 12.3. The fraction of sp³-hybridized carbons (Fsp3) is 0.476. The standard InChI is InChI=1S/C21H30BN3OS/c1-15(13-22)14-24-17(3)20(21(24)27-25-11-7-10-19(25)26)23-16(2)12-18-8-5-4-6-9-18/h5,8-9,20-21,23H,1-4,6-7,10-14,22H2/t20-,21?/m1/s1. The highest BCUT2D eigenvalue weighted by atomic mass is 32.2. The molecule has 1 unspecified atom stereocenters. The van der Waals surface area contributed by atoms with Gasteiger partial charge < -0.3 is 10.2 Å². The number of likely N-dealkylation sites (tertiary alicyclic amines) is 1. The highest BCUT2D eigenvalue weighted by Gasteiger charge is 2.45. The van der Waals surface area contributed by atoms with Gasteiger partial charge in [0.15, 0.2) is 0 Å². The Morgan fingerprint density at radius 1 is 1.37 bits per heavy atom. The maximum Gasteiger partial charge on any atom is 0.232 e. The van der Waals surface area contributed by atoms with E-state index >= 15 is 0 Å². The minimum absolute atomic E-state index is 0.105. The molecule has 0 spiro atoms. The monoisotopic (exact) mass is 383 g/mol. The predicted octanol–water partition coefficient (Wildman–Crippen LogP) is 3.16. The van der Waals surface area contributed by atoms with E-state index in [0.717, 1.165) is 56.5 Å². The van der Waals surface area contributed by atoms with Crippen LogP contribution in [0.1, 0.15) is 32.1 Å². The predicted molar refractivity (Wildman–Crippen MR) is 118 cm³/mol. The third-order valence-corrected chi connectivity index (χ3v) is 6.71. The molecule has 27 heavy (non-hydrogen) atoms. The Kier molecular flexibility index (Phi) is 6.58. The van der Waals surface area contributed by atoms with Crippen LogP contribution in [0.15, 0.2) is 60.5 Å². The number of nitrogens with one attached hydrogen (secondary N) is 1. The number of allylic oxidation sites excluding steroid dienone is 4. The number of carbonyl (C=O) groups excluding carboxylic acids is 1. The summed E-state index contributed by atoms with van der Waals surface area (Å²) >= 11 is 1.64. The maximum absolute atomic E-state index is 12.1. The van der Waals surface area contributed by atoms with Gasteiger partial charge in [0, 0.05) is 37.3 Å². The number of carbonyl (C=O) groups is 1. The van der Waals surface area contributed by atoms with Crippen molar-refractivity contribution < 1.29 is 4.79 Å². The Morgan fingerprint density at radius 3 is 2.81 bits per heavy atom. The third-order valence-electron chi connectivity index (χ3n) is 5.33. The molecule has 0 aromatic heterocycles. The number of rotatable bonds is 9. The lowest BCUT2D eigenvalue weighted by atomic mass is 9.95. The van der Waals surface area contributed by atoms with Gasteiger partial charge in [0.2, 0.25) is 5.91 Å². The molecule has 1 N–H and O–H groups in total. The first-order valence-electron chi connectivity index (χ1n) is 9.88. The number of nitrogens with zero attached hydrogens (tertiary/aromatic N) is 2. The van der Waals surface area contributed by atoms with Crippen LogP contribution in [0.4, 0.5) is 0 Å². The van der Waals surface area contributed by atoms with Crippen molar-refractivity contribution in [1.82, 2.24) is 14.5 Å². The van der Waals surface area contributed by atoms with E-state index in [4.69, 9.17) is 0 Å². The van der Waals surface area contributed by atoms with Crippen LogP contribution in [0.25, 0.3) is 0 Å². The Balaban J connectivity index is 1.63. The molecule has 0 saturated carbocycles. The van der Waals surface area contributed by atoms with Crippen LogP contribution >= 0.6 is 11.9 Å². The van der Waals surface area contributed by atoms with E-state index in [2.05, 4.69) is 56.0 Å². The van der Waals surface area contributed by atoms with Crippen molar-refractivity contribution in [2.75, 3.05) is 13.1 Å². The zero-order valence-electron chi connectivity index (χ0n) is 16.4. The lowest BCUT2D eigenvalue weighted by Crippen LogP contribution is -2.62. The normalized spacial score (nSPS) is 24.7. The van der Waals surface area contributed by atoms with Gasteiger partial charge in [-0.25, -0.2) is 0 Å². The van der Waals surface area contributed by atoms with E-state index in [0.29, 0.717) is 6.42 Å². The molecule has 2 atom stereocenters. The highest BCUT2D eigenvalue weighted by Crippen LogP contribution is 2.40. The minimum atomic E-state index is 0.105. The van der Waals surface area contributed by atoms with Gasteiger partial charge in [-0.1, -0.05) is 49.9 Å². The SMILES string of the molecule is BCC(=C)CN1C(=C)[C@@H](NC(=C)CC2=CCCC=C2)C1SN1CCCC1=O. The minimum Gasteiger partial charge on any atom is -0.378 e. The summed E-state index contributed by atoms with van der Waals surface area (Å²) in [6.45, 7) is 14.3. The number of amides is 1. The topological polar surface area (TPSA) is 35.6 Å². The molecule has 4 nitrogen and oxygen atoms in total. The molecule has 3 rings (SSSR count). The quantitative estimate of drug-likeness (QED) is 0.377. The van der Waals surface area contributed by atoms with Gasteiger partial charge in [-0.3, -0.25) is 9.10 Å². The summed E-state index contributed by atoms with van der Waals surface area (Å²) in [6, 6.07) is 0.105. The smallest absolute Gasteiger partial charge is 0.232 e. The zero-order valence-corrected chi connectivity index (χ0v) is 17.2. The summed E-state index contributed by atoms with van der Waals surface area (Å²) in [5.41, 5.74) is 4.57. The second-order valence-electron chi connectivity index (χ2n) is 7.48. The maximum atomic E-state index is 12.1. The average molecular weight is 383 g/mol. The molecule has 3 aliphatic rings. The summed E-state index contributed by atoms with van der Waals surface area (Å²) in [7, 11) is 2.13. The van der Waals surface area contributed by atoms with Crippen LogP contribution in [0.3, 0.4) is 0 Å². The van der Waals surface area contributed by atoms with Gasteiger partial charge >= 0.3 is 0 Å². The number of hydrogen-bond acceptors (Lipinski definition) is 4. The van der Waals surface area contributed by atoms with Gasteiger partial charge in [-0.2, -0.15) is 0 Å². The molecule has 0 aromatic carbocycles. The van der Waals surface area contributed by atoms with Crippen molar-refractivity contribution in [3.8, 4) is 0 Å². The van der Waals surface area contributed by atoms with Crippen molar-refractivity contribution in [1.29, 1.82) is 0 Å². The summed E-state index contributed by atoms with van der Waals surface area (Å²) in [5, 5.41) is 3.72. The molecule has 0 bridgehead atoms. The molecule has 6 heteroatoms. The molecular weight excluding hydrogens is 353 g/mol. The van der Waals surface area contributed by atoms with Crippen molar-refractivity contribution in [2.24, 2.45) is 0 Å². The first-order chi connectivity index (χ1) is 13.0. The Hall–Kier alpha value is -1.82. The second-order valence-corrected chi connectivity index (χ2v) is 8.61. The van der Waals surface area contributed by atoms with E-state index < -0.39 is 0 Å². The van der Waals surface area contributed by atoms with Gasteiger partial charge in [0.05, 0.1) is 6.04 Å². The molecule has 144 valence electrons. The molecule has 2 aliphatic heterocycles. The van der Waals surface area contributed by atoms with Crippen molar-refractivity contribution in [3.05, 3.63) is 60.5 Å². The van der Waals surface area contributed by atoms with Crippen LogP contribution in [0, 0.1) is 0 Å². The Labute approximate surface area is 168 Å². The largest absolute Gasteiger partial charge is 0.378 e. The first kappa shape index (κ1) is 19.9. The molecule has 2 saturated heterocycles. The van der Waals surface area contributed by atoms with Gasteiger partial charge in [0.25, 0.3) is 0 Å². The van der Waals surface area contributed by atoms with E-state index in [1.54, 1.807) is 11.9 Å². The Morgan fingerprint density at radius 2 is 2.19 bits per heavy atom. The van der Waals surface area contributed by atoms with E-state index in [1.807, 2.05) is 4.31 Å². The highest BCUT2D eigenvalue weighted by molar-refractivity contribution is 7.98. The zero-order chi connectivity index (χ0) is 19.4. The lowest BCUT2D eigenvalue weighted by Gasteiger charge is -2.52. The molecule has 0 aromatic rings. The molecule has 2 fully saturated rings. The van der Waals surface area contributed by atoms with Crippen molar-refractivity contribution in [3.63, 3.8) is 0 Å². The van der Waals surface area contributed by atoms with Crippen molar-refractivity contribution in [2.45, 2.75) is 49.8 Å².